The van der Waals surface area contributed by atoms with E-state index in [1.54, 1.807) is 12.1 Å². The largest absolute Gasteiger partial charge is 0.484 e. The van der Waals surface area contributed by atoms with Crippen molar-refractivity contribution in [2.24, 2.45) is 0 Å². The molecule has 2 aromatic carbocycles. The molecule has 0 saturated heterocycles. The van der Waals surface area contributed by atoms with Crippen molar-refractivity contribution in [2.75, 3.05) is 6.61 Å². The molecule has 5 nitrogen and oxygen atoms in total. The van der Waals surface area contributed by atoms with Gasteiger partial charge in [-0.1, -0.05) is 29.7 Å². The lowest BCUT2D eigenvalue weighted by Gasteiger charge is -2.70. The van der Waals surface area contributed by atoms with E-state index in [1.165, 1.54) is 24.3 Å². The minimum absolute atomic E-state index is 0.0217. The highest BCUT2D eigenvalue weighted by Crippen LogP contribution is 2.60. The lowest BCUT2D eigenvalue weighted by atomic mass is 9.44. The van der Waals surface area contributed by atoms with Crippen LogP contribution in [0.4, 0.5) is 8.78 Å². The lowest BCUT2D eigenvalue weighted by molar-refractivity contribution is -0.148. The molecule has 2 amide bonds. The molecule has 2 N–H and O–H groups in total. The molecule has 5 rings (SSSR count). The third kappa shape index (κ3) is 4.10. The predicted octanol–water partition coefficient (Wildman–Crippen LogP) is 2.96. The number of halogens is 3. The van der Waals surface area contributed by atoms with Crippen molar-refractivity contribution in [1.29, 1.82) is 0 Å². The smallest absolute Gasteiger partial charge is 0.296 e. The average Bonchev–Trinajstić information content (AvgIpc) is 2.65. The molecule has 0 spiro atoms. The summed E-state index contributed by atoms with van der Waals surface area (Å²) in [7, 11) is 0. The van der Waals surface area contributed by atoms with E-state index in [-0.39, 0.29) is 39.9 Å². The van der Waals surface area contributed by atoms with Crippen molar-refractivity contribution < 1.29 is 23.1 Å². The summed E-state index contributed by atoms with van der Waals surface area (Å²) < 4.78 is 32.2. The second-order valence-electron chi connectivity index (χ2n) is 7.69. The topological polar surface area (TPSA) is 67.4 Å². The Labute approximate surface area is 176 Å². The van der Waals surface area contributed by atoms with E-state index in [4.69, 9.17) is 16.3 Å². The zero-order chi connectivity index (χ0) is 21.4. The monoisotopic (exact) mass is 430 g/mol. The highest BCUT2D eigenvalue weighted by Gasteiger charge is 2.69. The molecule has 0 unspecified atom stereocenters. The Morgan fingerprint density at radius 3 is 2.43 bits per heavy atom. The van der Waals surface area contributed by atoms with Crippen LogP contribution < -0.4 is 15.4 Å². The number of ether oxygens (including phenoxy) is 1. The number of amides is 2. The van der Waals surface area contributed by atoms with Gasteiger partial charge in [0.25, 0.3) is 11.8 Å². The molecule has 0 aliphatic heterocycles. The molecule has 0 atom stereocenters. The standard InChI is InChI=1S/C22H17ClF2N2O3/c23-16-7-6-15(9-18(16)25)30-10-20(29)27-22-11-21(12-22,13-22)26-19(28)8-5-14-3-1-2-4-17(14)24/h1-4,6-7,9H,10-13H2,(H,26,28)(H,27,29). The van der Waals surface area contributed by atoms with Crippen LogP contribution in [0.2, 0.25) is 5.02 Å². The van der Waals surface area contributed by atoms with E-state index in [9.17, 15) is 18.4 Å². The van der Waals surface area contributed by atoms with Crippen LogP contribution in [0, 0.1) is 23.5 Å². The van der Waals surface area contributed by atoms with Gasteiger partial charge in [-0.3, -0.25) is 9.59 Å². The molecule has 0 radical (unpaired) electrons. The first kappa shape index (κ1) is 20.2. The lowest BCUT2D eigenvalue weighted by Crippen LogP contribution is -2.84. The van der Waals surface area contributed by atoms with E-state index < -0.39 is 17.5 Å². The maximum absolute atomic E-state index is 13.5. The molecule has 0 heterocycles. The van der Waals surface area contributed by atoms with Gasteiger partial charge in [0.2, 0.25) is 0 Å². The van der Waals surface area contributed by atoms with Gasteiger partial charge < -0.3 is 15.4 Å². The molecule has 3 aliphatic rings. The summed E-state index contributed by atoms with van der Waals surface area (Å²) in [5.41, 5.74) is -0.582. The summed E-state index contributed by atoms with van der Waals surface area (Å²) in [6.45, 7) is -0.254. The van der Waals surface area contributed by atoms with Gasteiger partial charge in [-0.2, -0.15) is 0 Å². The number of hydrogen-bond acceptors (Lipinski definition) is 3. The Hall–Kier alpha value is -3.11. The van der Waals surface area contributed by atoms with Crippen LogP contribution in [0.5, 0.6) is 5.75 Å². The normalized spacial score (nSPS) is 23.2. The van der Waals surface area contributed by atoms with Crippen molar-refractivity contribution in [1.82, 2.24) is 10.6 Å². The summed E-state index contributed by atoms with van der Waals surface area (Å²) in [5, 5.41) is 5.72. The minimum atomic E-state index is -0.621. The van der Waals surface area contributed by atoms with Crippen LogP contribution in [0.3, 0.4) is 0 Å². The molecule has 2 aromatic rings. The SMILES string of the molecule is O=C(C#Cc1ccccc1F)NC12CC(NC(=O)COc3ccc(Cl)c(F)c3)(C1)C2. The zero-order valence-electron chi connectivity index (χ0n) is 15.7. The van der Waals surface area contributed by atoms with Crippen molar-refractivity contribution in [2.45, 2.75) is 30.3 Å². The number of carbonyl (C=O) groups is 2. The van der Waals surface area contributed by atoms with Crippen molar-refractivity contribution in [3.63, 3.8) is 0 Å². The molecular formula is C22H17ClF2N2O3. The molecule has 2 bridgehead atoms. The first-order valence-electron chi connectivity index (χ1n) is 9.26. The van der Waals surface area contributed by atoms with Crippen LogP contribution >= 0.6 is 11.6 Å². The van der Waals surface area contributed by atoms with E-state index >= 15 is 0 Å². The average molecular weight is 431 g/mol. The third-order valence-electron chi connectivity index (χ3n) is 5.26. The summed E-state index contributed by atoms with van der Waals surface area (Å²) in [4.78, 5) is 24.2. The van der Waals surface area contributed by atoms with Crippen LogP contribution in [0.15, 0.2) is 42.5 Å². The first-order valence-corrected chi connectivity index (χ1v) is 9.64. The predicted molar refractivity (Wildman–Crippen MR) is 106 cm³/mol. The van der Waals surface area contributed by atoms with Gasteiger partial charge in [-0.05, 0) is 43.5 Å². The van der Waals surface area contributed by atoms with Crippen LogP contribution in [0.25, 0.3) is 0 Å². The third-order valence-corrected chi connectivity index (χ3v) is 5.57. The Morgan fingerprint density at radius 1 is 1.03 bits per heavy atom. The van der Waals surface area contributed by atoms with E-state index in [1.807, 2.05) is 0 Å². The molecule has 154 valence electrons. The van der Waals surface area contributed by atoms with Gasteiger partial charge >= 0.3 is 0 Å². The van der Waals surface area contributed by atoms with Gasteiger partial charge in [-0.15, -0.1) is 0 Å². The molecular weight excluding hydrogens is 414 g/mol. The second kappa shape index (κ2) is 7.62. The number of nitrogens with one attached hydrogen (secondary N) is 2. The van der Waals surface area contributed by atoms with Gasteiger partial charge in [0, 0.05) is 23.1 Å². The molecule has 3 fully saturated rings. The fourth-order valence-corrected chi connectivity index (χ4v) is 4.18. The van der Waals surface area contributed by atoms with Crippen LogP contribution in [0.1, 0.15) is 24.8 Å². The van der Waals surface area contributed by atoms with Crippen molar-refractivity contribution in [3.05, 3.63) is 64.7 Å². The van der Waals surface area contributed by atoms with E-state index in [2.05, 4.69) is 22.5 Å². The first-order chi connectivity index (χ1) is 14.3. The second-order valence-corrected chi connectivity index (χ2v) is 8.09. The highest BCUT2D eigenvalue weighted by atomic mass is 35.5. The number of hydrogen-bond donors (Lipinski definition) is 2. The summed E-state index contributed by atoms with van der Waals surface area (Å²) >= 11 is 5.60. The maximum atomic E-state index is 13.5. The molecule has 0 aromatic heterocycles. The fourth-order valence-electron chi connectivity index (χ4n) is 4.06. The fraction of sp³-hybridized carbons (Fsp3) is 0.273. The van der Waals surface area contributed by atoms with Gasteiger partial charge in [-0.25, -0.2) is 8.78 Å². The van der Waals surface area contributed by atoms with E-state index in [0.717, 1.165) is 6.07 Å². The quantitative estimate of drug-likeness (QED) is 0.717. The zero-order valence-corrected chi connectivity index (χ0v) is 16.5. The minimum Gasteiger partial charge on any atom is -0.484 e. The Balaban J connectivity index is 1.23. The summed E-state index contributed by atoms with van der Waals surface area (Å²) in [6, 6.07) is 9.92. The van der Waals surface area contributed by atoms with Crippen molar-refractivity contribution >= 4 is 23.4 Å². The summed E-state index contributed by atoms with van der Waals surface area (Å²) in [5.74, 6) is 3.23. The van der Waals surface area contributed by atoms with Gasteiger partial charge in [0.15, 0.2) is 6.61 Å². The van der Waals surface area contributed by atoms with Gasteiger partial charge in [0.05, 0.1) is 10.6 Å². The van der Waals surface area contributed by atoms with Crippen molar-refractivity contribution in [3.8, 4) is 17.6 Å². The van der Waals surface area contributed by atoms with Crippen LogP contribution in [-0.4, -0.2) is 29.5 Å². The Morgan fingerprint density at radius 2 is 1.73 bits per heavy atom. The molecule has 3 aliphatic carbocycles. The maximum Gasteiger partial charge on any atom is 0.296 e. The number of carbonyl (C=O) groups excluding carboxylic acids is 2. The van der Waals surface area contributed by atoms with Crippen LogP contribution in [-0.2, 0) is 9.59 Å². The number of benzene rings is 2. The number of rotatable bonds is 5. The Bertz CT molecular complexity index is 1070. The highest BCUT2D eigenvalue weighted by molar-refractivity contribution is 6.30. The molecule has 30 heavy (non-hydrogen) atoms. The summed E-state index contributed by atoms with van der Waals surface area (Å²) in [6.07, 6.45) is 1.78. The van der Waals surface area contributed by atoms with Gasteiger partial charge in [0.1, 0.15) is 17.4 Å². The molecule has 3 saturated carbocycles. The molecule has 8 heteroatoms. The Kier molecular flexibility index (Phi) is 5.12. The van der Waals surface area contributed by atoms with E-state index in [0.29, 0.717) is 19.3 Å².